The Bertz CT molecular complexity index is 952. The zero-order valence-corrected chi connectivity index (χ0v) is 18.5. The molecule has 0 N–H and O–H groups in total. The molecule has 9 heteroatoms. The maximum atomic E-state index is 13.2. The summed E-state index contributed by atoms with van der Waals surface area (Å²) in [5.74, 6) is -0.475. The Labute approximate surface area is 185 Å². The number of halogens is 1. The zero-order valence-electron chi connectivity index (χ0n) is 17.7. The molecule has 1 unspecified atom stereocenters. The van der Waals surface area contributed by atoms with Crippen LogP contribution in [0.5, 0.6) is 0 Å². The van der Waals surface area contributed by atoms with Crippen LogP contribution in [0, 0.1) is 11.7 Å². The van der Waals surface area contributed by atoms with Crippen molar-refractivity contribution in [3.05, 3.63) is 41.6 Å². The second-order valence-electron chi connectivity index (χ2n) is 8.30. The molecule has 3 aliphatic heterocycles. The van der Waals surface area contributed by atoms with Crippen LogP contribution in [0.2, 0.25) is 0 Å². The van der Waals surface area contributed by atoms with Crippen LogP contribution < -0.4 is 4.90 Å². The van der Waals surface area contributed by atoms with Gasteiger partial charge in [0, 0.05) is 31.9 Å². The van der Waals surface area contributed by atoms with Crippen molar-refractivity contribution < 1.29 is 23.3 Å². The molecule has 4 rings (SSSR count). The number of urea groups is 1. The molecule has 0 spiro atoms. The van der Waals surface area contributed by atoms with E-state index in [-0.39, 0.29) is 30.1 Å². The Kier molecular flexibility index (Phi) is 6.13. The van der Waals surface area contributed by atoms with E-state index < -0.39 is 11.3 Å². The van der Waals surface area contributed by atoms with E-state index >= 15 is 0 Å². The summed E-state index contributed by atoms with van der Waals surface area (Å²) in [7, 11) is 0. The average molecular weight is 446 g/mol. The summed E-state index contributed by atoms with van der Waals surface area (Å²) in [4.78, 5) is 44.0. The number of hydrogen-bond donors (Lipinski definition) is 0. The summed E-state index contributed by atoms with van der Waals surface area (Å²) in [6.45, 7) is 6.49. The molecule has 4 amide bonds. The minimum absolute atomic E-state index is 0.0754. The Morgan fingerprint density at radius 3 is 2.48 bits per heavy atom. The lowest BCUT2D eigenvalue weighted by Gasteiger charge is -2.36. The lowest BCUT2D eigenvalue weighted by Crippen LogP contribution is -2.58. The molecule has 1 aromatic rings. The van der Waals surface area contributed by atoms with Crippen molar-refractivity contribution in [3.8, 4) is 0 Å². The van der Waals surface area contributed by atoms with Crippen molar-refractivity contribution in [3.63, 3.8) is 0 Å². The first-order valence-corrected chi connectivity index (χ1v) is 11.4. The first-order chi connectivity index (χ1) is 14.8. The fourth-order valence-corrected chi connectivity index (χ4v) is 5.01. The maximum Gasteiger partial charge on any atom is 0.501 e. The van der Waals surface area contributed by atoms with Gasteiger partial charge in [0.25, 0.3) is 5.91 Å². The van der Waals surface area contributed by atoms with Crippen LogP contribution in [0.15, 0.2) is 35.7 Å². The molecule has 1 saturated heterocycles. The van der Waals surface area contributed by atoms with Crippen LogP contribution in [0.1, 0.15) is 13.8 Å². The standard InChI is InChI=1S/C22H26FN4O3S/c1-15(2)13-27-21(29)20-18(7-12-31-20)26(22(27)30)14-19(28)25-10-8-24(9-11-25)17-5-3-16(23)4-6-17/h3-7,12,15,20H,8-11,13-14H2,1-2H3/q+1. The molecule has 1 atom stereocenters. The number of carbonyl (C=O) groups excluding carboxylic acids is 3. The largest absolute Gasteiger partial charge is 0.501 e. The molecule has 7 nitrogen and oxygen atoms in total. The molecule has 3 aliphatic rings. The van der Waals surface area contributed by atoms with Crippen molar-refractivity contribution in [2.75, 3.05) is 44.2 Å². The molecule has 0 aromatic heterocycles. The average Bonchev–Trinajstić information content (AvgIpc) is 3.24. The van der Waals surface area contributed by atoms with Gasteiger partial charge in [-0.2, -0.15) is 14.3 Å². The minimum Gasteiger partial charge on any atom is -0.368 e. The summed E-state index contributed by atoms with van der Waals surface area (Å²) < 4.78 is 14.6. The van der Waals surface area contributed by atoms with Gasteiger partial charge in [0.15, 0.2) is 11.8 Å². The van der Waals surface area contributed by atoms with E-state index in [1.807, 2.05) is 19.3 Å². The zero-order chi connectivity index (χ0) is 22.1. The van der Waals surface area contributed by atoms with Crippen LogP contribution in [0.3, 0.4) is 0 Å². The van der Waals surface area contributed by atoms with Gasteiger partial charge in [0.1, 0.15) is 11.5 Å². The van der Waals surface area contributed by atoms with Crippen molar-refractivity contribution in [2.45, 2.75) is 19.1 Å². The van der Waals surface area contributed by atoms with E-state index in [9.17, 15) is 18.8 Å². The van der Waals surface area contributed by atoms with Gasteiger partial charge >= 0.3 is 11.9 Å². The molecule has 1 fully saturated rings. The van der Waals surface area contributed by atoms with Gasteiger partial charge in [-0.05, 0) is 41.7 Å². The summed E-state index contributed by atoms with van der Waals surface area (Å²) >= 11 is 1.37. The van der Waals surface area contributed by atoms with Gasteiger partial charge in [-0.1, -0.05) is 13.8 Å². The number of rotatable bonds is 5. The fourth-order valence-electron chi connectivity index (χ4n) is 4.05. The number of piperazine rings is 1. The van der Waals surface area contributed by atoms with Crippen molar-refractivity contribution in [1.82, 2.24) is 9.80 Å². The van der Waals surface area contributed by atoms with Crippen LogP contribution in [0.25, 0.3) is 0 Å². The third kappa shape index (κ3) is 4.37. The molecule has 31 heavy (non-hydrogen) atoms. The molecule has 0 bridgehead atoms. The number of benzene rings is 1. The van der Waals surface area contributed by atoms with Gasteiger partial charge < -0.3 is 9.80 Å². The Balaban J connectivity index is 1.44. The van der Waals surface area contributed by atoms with Crippen molar-refractivity contribution in [2.24, 2.45) is 5.92 Å². The summed E-state index contributed by atoms with van der Waals surface area (Å²) in [6.07, 6.45) is 1.76. The monoisotopic (exact) mass is 445 g/mol. The SMILES string of the molecule is CC(C)CN1C(=O)C2SC=CC2=[N+](CC(=O)N2CCN(c3ccc(F)cc3)CC2)C1=O. The Hall–Kier alpha value is -2.68. The van der Waals surface area contributed by atoms with Crippen molar-refractivity contribution in [1.29, 1.82) is 0 Å². The van der Waals surface area contributed by atoms with Gasteiger partial charge in [-0.3, -0.25) is 4.79 Å². The number of anilines is 1. The van der Waals surface area contributed by atoms with Gasteiger partial charge in [-0.15, -0.1) is 11.8 Å². The van der Waals surface area contributed by atoms with E-state index in [1.54, 1.807) is 23.1 Å². The quantitative estimate of drug-likeness (QED) is 0.650. The lowest BCUT2D eigenvalue weighted by molar-refractivity contribution is -0.428. The van der Waals surface area contributed by atoms with E-state index in [4.69, 9.17) is 0 Å². The molecular weight excluding hydrogens is 419 g/mol. The van der Waals surface area contributed by atoms with E-state index in [1.165, 1.54) is 33.4 Å². The molecule has 0 radical (unpaired) electrons. The minimum atomic E-state index is -0.459. The Morgan fingerprint density at radius 2 is 1.84 bits per heavy atom. The molecule has 3 heterocycles. The Morgan fingerprint density at radius 1 is 1.16 bits per heavy atom. The number of hydrogen-bond acceptors (Lipinski definition) is 5. The highest BCUT2D eigenvalue weighted by Crippen LogP contribution is 2.28. The summed E-state index contributed by atoms with van der Waals surface area (Å²) in [5.41, 5.74) is 1.52. The predicted molar refractivity (Wildman–Crippen MR) is 118 cm³/mol. The second-order valence-corrected chi connectivity index (χ2v) is 9.32. The van der Waals surface area contributed by atoms with Gasteiger partial charge in [-0.25, -0.2) is 9.18 Å². The number of carbonyl (C=O) groups is 3. The van der Waals surface area contributed by atoms with Gasteiger partial charge in [0.05, 0.1) is 6.54 Å². The number of imide groups is 1. The molecule has 1 aromatic carbocycles. The van der Waals surface area contributed by atoms with Crippen LogP contribution in [-0.4, -0.2) is 82.5 Å². The highest BCUT2D eigenvalue weighted by atomic mass is 32.2. The van der Waals surface area contributed by atoms with E-state index in [0.29, 0.717) is 38.4 Å². The summed E-state index contributed by atoms with van der Waals surface area (Å²) in [5, 5.41) is 1.35. The van der Waals surface area contributed by atoms with Crippen LogP contribution >= 0.6 is 11.8 Å². The fraction of sp³-hybridized carbons (Fsp3) is 0.455. The summed E-state index contributed by atoms with van der Waals surface area (Å²) in [6, 6.07) is 5.91. The van der Waals surface area contributed by atoms with Crippen molar-refractivity contribution >= 4 is 41.0 Å². The topological polar surface area (TPSA) is 63.9 Å². The van der Waals surface area contributed by atoms with Crippen LogP contribution in [0.4, 0.5) is 14.9 Å². The van der Waals surface area contributed by atoms with Gasteiger partial charge in [0.2, 0.25) is 0 Å². The molecule has 0 saturated carbocycles. The highest BCUT2D eigenvalue weighted by Gasteiger charge is 2.49. The third-order valence-electron chi connectivity index (χ3n) is 5.65. The number of allylic oxidation sites excluding steroid dienone is 1. The lowest BCUT2D eigenvalue weighted by atomic mass is 10.1. The number of nitrogens with zero attached hydrogens (tertiary/aromatic N) is 4. The number of fused-ring (bicyclic) bond motifs is 1. The smallest absolute Gasteiger partial charge is 0.368 e. The van der Waals surface area contributed by atoms with E-state index in [2.05, 4.69) is 4.90 Å². The molecule has 0 aliphatic carbocycles. The molecular formula is C22H26FN4O3S+. The molecule has 164 valence electrons. The number of thioether (sulfide) groups is 1. The first kappa shape index (κ1) is 21.5. The first-order valence-electron chi connectivity index (χ1n) is 10.4. The second kappa shape index (κ2) is 8.82. The van der Waals surface area contributed by atoms with E-state index in [0.717, 1.165) is 5.69 Å². The van der Waals surface area contributed by atoms with Crippen LogP contribution in [-0.2, 0) is 9.59 Å². The number of amides is 4. The maximum absolute atomic E-state index is 13.2. The normalized spacial score (nSPS) is 21.4. The predicted octanol–water partition coefficient (Wildman–Crippen LogP) is 2.18. The third-order valence-corrected chi connectivity index (χ3v) is 6.66. The highest BCUT2D eigenvalue weighted by molar-refractivity contribution is 8.04.